The van der Waals surface area contributed by atoms with E-state index in [1.807, 2.05) is 0 Å². The van der Waals surface area contributed by atoms with Crippen molar-refractivity contribution in [2.45, 2.75) is 58.0 Å². The van der Waals surface area contributed by atoms with Crippen molar-refractivity contribution >= 4 is 31.2 Å². The summed E-state index contributed by atoms with van der Waals surface area (Å²) in [6, 6.07) is 26.6. The summed E-state index contributed by atoms with van der Waals surface area (Å²) in [5, 5.41) is 2.56. The minimum Gasteiger partial charge on any atom is -0.407 e. The Bertz CT molecular complexity index is 1240. The van der Waals surface area contributed by atoms with Crippen LogP contribution in [0.25, 0.3) is 0 Å². The Morgan fingerprint density at radius 3 is 1.92 bits per heavy atom. The summed E-state index contributed by atoms with van der Waals surface area (Å²) in [7, 11) is -1.33. The van der Waals surface area contributed by atoms with Crippen molar-refractivity contribution in [1.82, 2.24) is 4.90 Å². The molecule has 0 atom stereocenters. The van der Waals surface area contributed by atoms with E-state index in [9.17, 15) is 9.59 Å². The maximum Gasteiger partial charge on any atom is 0.282 e. The van der Waals surface area contributed by atoms with E-state index in [0.29, 0.717) is 30.2 Å². The van der Waals surface area contributed by atoms with E-state index in [1.165, 1.54) is 20.8 Å². The summed E-state index contributed by atoms with van der Waals surface area (Å²) in [4.78, 5) is 26.4. The van der Waals surface area contributed by atoms with E-state index in [1.54, 1.807) is 24.3 Å². The van der Waals surface area contributed by atoms with Crippen LogP contribution in [0.2, 0.25) is 0 Å². The van der Waals surface area contributed by atoms with Gasteiger partial charge in [-0.3, -0.25) is 14.5 Å². The minimum atomic E-state index is -1.33. The second-order valence-corrected chi connectivity index (χ2v) is 13.8. The number of carbonyl (C=O) groups excluding carboxylic acids is 2. The zero-order chi connectivity index (χ0) is 27.4. The number of carbonyl (C=O) groups is 2. The molecule has 6 heteroatoms. The van der Waals surface area contributed by atoms with E-state index in [2.05, 4.69) is 75.4 Å². The lowest BCUT2D eigenvalue weighted by atomic mass is 9.87. The average Bonchev–Trinajstić information content (AvgIpc) is 3.19. The third-order valence-electron chi connectivity index (χ3n) is 7.85. The predicted molar refractivity (Wildman–Crippen MR) is 156 cm³/mol. The SMILES string of the molecule is CC(C)(C)c1ccc([Si](OCC2CCC(OCCN3C(=O)c4ccccc4C3=O)CC2)c2ccccc2)cc1. The normalized spacial score (nSPS) is 19.5. The molecule has 1 saturated carbocycles. The quantitative estimate of drug-likeness (QED) is 0.284. The van der Waals surface area contributed by atoms with Crippen LogP contribution in [0.1, 0.15) is 72.7 Å². The number of nitrogens with zero attached hydrogens (tertiary/aromatic N) is 1. The molecule has 1 aliphatic carbocycles. The van der Waals surface area contributed by atoms with Gasteiger partial charge in [-0.15, -0.1) is 0 Å². The number of rotatable bonds is 9. The molecule has 0 unspecified atom stereocenters. The first-order valence-electron chi connectivity index (χ1n) is 14.0. The lowest BCUT2D eigenvalue weighted by Gasteiger charge is -2.30. The predicted octanol–water partition coefficient (Wildman–Crippen LogP) is 4.98. The zero-order valence-electron chi connectivity index (χ0n) is 23.2. The molecule has 0 aromatic heterocycles. The molecule has 3 aromatic carbocycles. The summed E-state index contributed by atoms with van der Waals surface area (Å²) in [5.41, 5.74) is 2.45. The molecule has 2 amide bonds. The Balaban J connectivity index is 1.11. The molecule has 1 radical (unpaired) electrons. The Morgan fingerprint density at radius 1 is 0.769 bits per heavy atom. The molecule has 39 heavy (non-hydrogen) atoms. The molecule has 0 saturated heterocycles. The first kappa shape index (κ1) is 27.5. The number of benzene rings is 3. The summed E-state index contributed by atoms with van der Waals surface area (Å²) < 4.78 is 12.8. The molecule has 1 aliphatic heterocycles. The second-order valence-electron chi connectivity index (χ2n) is 11.7. The molecule has 5 nitrogen and oxygen atoms in total. The molecule has 5 rings (SSSR count). The van der Waals surface area contributed by atoms with Gasteiger partial charge in [-0.2, -0.15) is 0 Å². The molecule has 1 fully saturated rings. The van der Waals surface area contributed by atoms with Gasteiger partial charge in [0.25, 0.3) is 20.9 Å². The van der Waals surface area contributed by atoms with E-state index < -0.39 is 9.04 Å². The largest absolute Gasteiger partial charge is 0.407 e. The van der Waals surface area contributed by atoms with Crippen molar-refractivity contribution in [3.8, 4) is 0 Å². The van der Waals surface area contributed by atoms with Crippen molar-refractivity contribution in [2.75, 3.05) is 19.8 Å². The fourth-order valence-electron chi connectivity index (χ4n) is 5.46. The van der Waals surface area contributed by atoms with Gasteiger partial charge in [0, 0.05) is 6.61 Å². The van der Waals surface area contributed by atoms with Crippen molar-refractivity contribution in [3.63, 3.8) is 0 Å². The van der Waals surface area contributed by atoms with E-state index in [0.717, 1.165) is 32.3 Å². The van der Waals surface area contributed by atoms with Crippen LogP contribution in [0.4, 0.5) is 0 Å². The van der Waals surface area contributed by atoms with Gasteiger partial charge in [0.05, 0.1) is 30.4 Å². The van der Waals surface area contributed by atoms with Crippen molar-refractivity contribution in [2.24, 2.45) is 5.92 Å². The minimum absolute atomic E-state index is 0.129. The highest BCUT2D eigenvalue weighted by Gasteiger charge is 2.35. The number of ether oxygens (including phenoxy) is 1. The van der Waals surface area contributed by atoms with Crippen LogP contribution >= 0.6 is 0 Å². The average molecular weight is 541 g/mol. The lowest BCUT2D eigenvalue weighted by Crippen LogP contribution is -2.46. The van der Waals surface area contributed by atoms with Crippen LogP contribution in [0.3, 0.4) is 0 Å². The Hall–Kier alpha value is -3.06. The fourth-order valence-corrected chi connectivity index (χ4v) is 7.50. The first-order valence-corrected chi connectivity index (χ1v) is 15.4. The molecule has 0 spiro atoms. The van der Waals surface area contributed by atoms with Crippen molar-refractivity contribution in [1.29, 1.82) is 0 Å². The van der Waals surface area contributed by atoms with Crippen LogP contribution in [0.5, 0.6) is 0 Å². The van der Waals surface area contributed by atoms with Gasteiger partial charge in [0.2, 0.25) is 0 Å². The van der Waals surface area contributed by atoms with E-state index in [-0.39, 0.29) is 23.3 Å². The molecule has 3 aromatic rings. The standard InChI is InChI=1S/C33H38NO4Si/c1-33(2,3)25-15-19-28(20-16-25)39(27-9-5-4-6-10-27)38-23-24-13-17-26(18-14-24)37-22-21-34-31(35)29-11-7-8-12-30(29)32(34)36/h4-12,15-16,19-20,24,26H,13-14,17-18,21-23H2,1-3H3. The number of hydrogen-bond donors (Lipinski definition) is 0. The number of amides is 2. The molecule has 203 valence electrons. The smallest absolute Gasteiger partial charge is 0.282 e. The van der Waals surface area contributed by atoms with Gasteiger partial charge >= 0.3 is 0 Å². The summed E-state index contributed by atoms with van der Waals surface area (Å²) in [6.07, 6.45) is 4.24. The van der Waals surface area contributed by atoms with Gasteiger partial charge in [-0.05, 0) is 65.1 Å². The van der Waals surface area contributed by atoms with Crippen LogP contribution in [-0.4, -0.2) is 51.6 Å². The van der Waals surface area contributed by atoms with Gasteiger partial charge in [-0.25, -0.2) is 0 Å². The van der Waals surface area contributed by atoms with Crippen LogP contribution in [0, 0.1) is 5.92 Å². The van der Waals surface area contributed by atoms with Crippen molar-refractivity contribution < 1.29 is 18.8 Å². The van der Waals surface area contributed by atoms with Crippen molar-refractivity contribution in [3.05, 3.63) is 95.6 Å². The molecule has 1 heterocycles. The van der Waals surface area contributed by atoms with Crippen LogP contribution in [-0.2, 0) is 14.6 Å². The van der Waals surface area contributed by atoms with E-state index >= 15 is 0 Å². The lowest BCUT2D eigenvalue weighted by molar-refractivity contribution is 0.00485. The molecule has 2 aliphatic rings. The molecular formula is C33H38NO4Si. The Labute approximate surface area is 233 Å². The highest BCUT2D eigenvalue weighted by molar-refractivity contribution is 6.80. The maximum absolute atomic E-state index is 12.6. The molecular weight excluding hydrogens is 502 g/mol. The van der Waals surface area contributed by atoms with Gasteiger partial charge < -0.3 is 9.16 Å². The second kappa shape index (κ2) is 12.0. The molecule has 0 bridgehead atoms. The van der Waals surface area contributed by atoms with E-state index in [4.69, 9.17) is 9.16 Å². The summed E-state index contributed by atoms with van der Waals surface area (Å²) >= 11 is 0. The fraction of sp³-hybridized carbons (Fsp3) is 0.394. The monoisotopic (exact) mass is 540 g/mol. The highest BCUT2D eigenvalue weighted by atomic mass is 28.3. The highest BCUT2D eigenvalue weighted by Crippen LogP contribution is 2.27. The number of hydrogen-bond acceptors (Lipinski definition) is 4. The zero-order valence-corrected chi connectivity index (χ0v) is 24.2. The van der Waals surface area contributed by atoms with Gasteiger partial charge in [0.15, 0.2) is 0 Å². The Morgan fingerprint density at radius 2 is 1.33 bits per heavy atom. The molecule has 0 N–H and O–H groups in total. The van der Waals surface area contributed by atoms with Gasteiger partial charge in [0.1, 0.15) is 0 Å². The topological polar surface area (TPSA) is 55.8 Å². The maximum atomic E-state index is 12.6. The first-order chi connectivity index (χ1) is 18.8. The van der Waals surface area contributed by atoms with Gasteiger partial charge in [-0.1, -0.05) is 87.5 Å². The number of imide groups is 1. The third kappa shape index (κ3) is 6.40. The Kier molecular flexibility index (Phi) is 8.45. The van der Waals surface area contributed by atoms with Crippen LogP contribution < -0.4 is 10.4 Å². The number of fused-ring (bicyclic) bond motifs is 1. The third-order valence-corrected chi connectivity index (χ3v) is 10.0. The van der Waals surface area contributed by atoms with Crippen LogP contribution in [0.15, 0.2) is 78.9 Å². The summed E-state index contributed by atoms with van der Waals surface area (Å²) in [6.45, 7) is 8.16. The summed E-state index contributed by atoms with van der Waals surface area (Å²) in [5.74, 6) is 0.0758.